The molecule has 11 rings (SSSR count). The van der Waals surface area contributed by atoms with Crippen LogP contribution in [0.2, 0.25) is 0 Å². The maximum Gasteiger partial charge on any atom is 0.330 e. The molecule has 3 aromatic carbocycles. The molecule has 2 fully saturated rings. The van der Waals surface area contributed by atoms with Crippen LogP contribution in [0.25, 0.3) is 38.6 Å². The summed E-state index contributed by atoms with van der Waals surface area (Å²) in [6, 6.07) is 19.4. The van der Waals surface area contributed by atoms with Gasteiger partial charge in [-0.25, -0.2) is 13.9 Å². The second-order valence-electron chi connectivity index (χ2n) is 17.6. The van der Waals surface area contributed by atoms with Crippen LogP contribution in [0.5, 0.6) is 0 Å². The Balaban J connectivity index is 1.01. The van der Waals surface area contributed by atoms with E-state index in [0.717, 1.165) is 67.6 Å². The van der Waals surface area contributed by atoms with Crippen LogP contribution in [-0.4, -0.2) is 82.9 Å². The number of urea groups is 1. The lowest BCUT2D eigenvalue weighted by molar-refractivity contribution is -0.0896. The third-order valence-corrected chi connectivity index (χ3v) is 13.8. The lowest BCUT2D eigenvalue weighted by atomic mass is 9.98. The highest BCUT2D eigenvalue weighted by atomic mass is 19.1. The minimum Gasteiger partial charge on any atom is -0.340 e. The third kappa shape index (κ3) is 5.95. The molecule has 1 aliphatic carbocycles. The van der Waals surface area contributed by atoms with E-state index < -0.39 is 12.0 Å². The van der Waals surface area contributed by atoms with Gasteiger partial charge in [-0.2, -0.15) is 10.2 Å². The molecule has 3 atom stereocenters. The van der Waals surface area contributed by atoms with Crippen molar-refractivity contribution in [2.45, 2.75) is 72.4 Å². The number of hydrogen-bond acceptors (Lipinski definition) is 9. The first-order valence-electron chi connectivity index (χ1n) is 21.8. The van der Waals surface area contributed by atoms with E-state index in [1.807, 2.05) is 48.5 Å². The van der Waals surface area contributed by atoms with Gasteiger partial charge in [0.05, 0.1) is 29.6 Å². The molecule has 7 aromatic rings. The molecule has 15 nitrogen and oxygen atoms in total. The highest BCUT2D eigenvalue weighted by Gasteiger charge is 2.61. The molecule has 0 radical (unpaired) electrons. The molecule has 1 saturated carbocycles. The molecule has 4 aliphatic rings. The number of nitrogens with one attached hydrogen (secondary N) is 1. The Labute approximate surface area is 368 Å². The predicted octanol–water partition coefficient (Wildman–Crippen LogP) is 6.99. The van der Waals surface area contributed by atoms with Crippen LogP contribution in [0, 0.1) is 32.5 Å². The quantitative estimate of drug-likeness (QED) is 0.166. The van der Waals surface area contributed by atoms with Crippen LogP contribution in [0.15, 0.2) is 78.2 Å². The normalized spacial score (nSPS) is 20.6. The number of carbonyl (C=O) groups excluding carboxylic acids is 2. The summed E-state index contributed by atoms with van der Waals surface area (Å²) in [6.07, 6.45) is 4.26. The van der Waals surface area contributed by atoms with Gasteiger partial charge in [-0.3, -0.25) is 24.3 Å². The zero-order valence-corrected chi connectivity index (χ0v) is 36.6. The van der Waals surface area contributed by atoms with Crippen molar-refractivity contribution < 1.29 is 23.9 Å². The Morgan fingerprint density at radius 2 is 1.73 bits per heavy atom. The number of carbonyl (C=O) groups is 2. The van der Waals surface area contributed by atoms with E-state index in [1.165, 1.54) is 0 Å². The first kappa shape index (κ1) is 39.8. The molecular formula is C48H48FN11O4. The fourth-order valence-electron chi connectivity index (χ4n) is 10.3. The SMILES string of the molecule is CCc1nccc(-c2ccc3c(c2)cc(C(=O)N2CCc4nn(-c5cc(C)c(F)c(C)c5)c(N5CCN(c6ccc7c(cnn7C)c6)C5=O)c4C2)n3[C@@]2(C3=NOC(O)N3)C[C@@H]2C)c1C. The summed E-state index contributed by atoms with van der Waals surface area (Å²) >= 11 is 0. The van der Waals surface area contributed by atoms with Gasteiger partial charge in [-0.05, 0) is 122 Å². The fraction of sp³-hybridized carbons (Fsp3) is 0.333. The van der Waals surface area contributed by atoms with E-state index in [2.05, 4.69) is 64.1 Å². The molecule has 7 heterocycles. The molecule has 3 aliphatic heterocycles. The minimum absolute atomic E-state index is 0.0624. The van der Waals surface area contributed by atoms with E-state index in [-0.39, 0.29) is 30.2 Å². The summed E-state index contributed by atoms with van der Waals surface area (Å²) in [5.74, 6) is 0.601. The number of pyridine rings is 1. The molecule has 326 valence electrons. The van der Waals surface area contributed by atoms with Crippen LogP contribution in [0.3, 0.4) is 0 Å². The number of aryl methyl sites for hydroxylation is 4. The summed E-state index contributed by atoms with van der Waals surface area (Å²) in [5, 5.41) is 29.0. The van der Waals surface area contributed by atoms with E-state index in [4.69, 9.17) is 9.94 Å². The van der Waals surface area contributed by atoms with Crippen LogP contribution < -0.4 is 15.1 Å². The average molecular weight is 862 g/mol. The van der Waals surface area contributed by atoms with E-state index in [1.54, 1.807) is 51.3 Å². The summed E-state index contributed by atoms with van der Waals surface area (Å²) in [6.45, 7) is 11.1. The van der Waals surface area contributed by atoms with Gasteiger partial charge < -0.3 is 24.7 Å². The number of rotatable bonds is 8. The van der Waals surface area contributed by atoms with Gasteiger partial charge in [0.1, 0.15) is 22.9 Å². The number of benzene rings is 3. The fourth-order valence-corrected chi connectivity index (χ4v) is 10.3. The first-order chi connectivity index (χ1) is 30.9. The highest BCUT2D eigenvalue weighted by molar-refractivity contribution is 6.08. The number of nitrogens with zero attached hydrogens (tertiary/aromatic N) is 10. The number of halogens is 1. The van der Waals surface area contributed by atoms with Gasteiger partial charge in [-0.1, -0.05) is 25.1 Å². The largest absolute Gasteiger partial charge is 0.340 e. The van der Waals surface area contributed by atoms with Crippen molar-refractivity contribution in [3.05, 3.63) is 118 Å². The maximum absolute atomic E-state index is 15.4. The highest BCUT2D eigenvalue weighted by Crippen LogP contribution is 2.54. The van der Waals surface area contributed by atoms with Crippen LogP contribution in [0.1, 0.15) is 64.4 Å². The topological polar surface area (TPSA) is 151 Å². The van der Waals surface area contributed by atoms with Crippen molar-refractivity contribution in [3.63, 3.8) is 0 Å². The Morgan fingerprint density at radius 1 is 0.969 bits per heavy atom. The van der Waals surface area contributed by atoms with Gasteiger partial charge >= 0.3 is 12.4 Å². The Morgan fingerprint density at radius 3 is 2.47 bits per heavy atom. The zero-order chi connectivity index (χ0) is 44.3. The van der Waals surface area contributed by atoms with Gasteiger partial charge in [-0.15, -0.1) is 0 Å². The summed E-state index contributed by atoms with van der Waals surface area (Å²) in [4.78, 5) is 45.2. The van der Waals surface area contributed by atoms with E-state index in [9.17, 15) is 9.90 Å². The smallest absolute Gasteiger partial charge is 0.330 e. The number of amides is 3. The van der Waals surface area contributed by atoms with E-state index >= 15 is 9.18 Å². The second kappa shape index (κ2) is 14.5. The number of oxime groups is 1. The Kier molecular flexibility index (Phi) is 9.00. The lowest BCUT2D eigenvalue weighted by Crippen LogP contribution is -2.44. The number of fused-ring (bicyclic) bond motifs is 3. The van der Waals surface area contributed by atoms with Crippen LogP contribution >= 0.6 is 0 Å². The number of amidine groups is 1. The Bertz CT molecular complexity index is 3130. The van der Waals surface area contributed by atoms with Crippen molar-refractivity contribution in [3.8, 4) is 16.8 Å². The predicted molar refractivity (Wildman–Crippen MR) is 241 cm³/mol. The summed E-state index contributed by atoms with van der Waals surface area (Å²) in [5.41, 5.74) is 9.60. The zero-order valence-electron chi connectivity index (χ0n) is 36.6. The number of hydrogen-bond donors (Lipinski definition) is 2. The van der Waals surface area contributed by atoms with Crippen molar-refractivity contribution in [2.75, 3.05) is 29.4 Å². The van der Waals surface area contributed by atoms with Crippen molar-refractivity contribution in [1.82, 2.24) is 39.3 Å². The Hall–Kier alpha value is -7.07. The van der Waals surface area contributed by atoms with Gasteiger partial charge in [0, 0.05) is 72.5 Å². The first-order valence-corrected chi connectivity index (χ1v) is 21.8. The van der Waals surface area contributed by atoms with Crippen molar-refractivity contribution >= 4 is 51.1 Å². The average Bonchev–Trinajstić information content (AvgIpc) is 3.91. The number of aliphatic hydroxyl groups excluding tert-OH is 1. The van der Waals surface area contributed by atoms with Crippen molar-refractivity contribution in [1.29, 1.82) is 0 Å². The number of anilines is 2. The van der Waals surface area contributed by atoms with Crippen LogP contribution in [0.4, 0.5) is 20.7 Å². The molecule has 2 N–H and O–H groups in total. The molecular weight excluding hydrogens is 814 g/mol. The molecule has 64 heavy (non-hydrogen) atoms. The third-order valence-electron chi connectivity index (χ3n) is 13.8. The number of aliphatic hydroxyl groups is 1. The van der Waals surface area contributed by atoms with E-state index in [0.29, 0.717) is 66.6 Å². The monoisotopic (exact) mass is 861 g/mol. The lowest BCUT2D eigenvalue weighted by Gasteiger charge is -2.30. The summed E-state index contributed by atoms with van der Waals surface area (Å²) < 4.78 is 20.7. The van der Waals surface area contributed by atoms with Crippen LogP contribution in [-0.2, 0) is 36.8 Å². The standard InChI is InChI=1S/C48H48FN11O4/c1-7-37-29(5)35(12-14-50-37)30-8-10-40-31(20-30)22-41(59(40)48(23-28(48)4)45-52-46(62)64-54-45)44(61)56-15-13-38-36(25-56)43(60(53-38)34-18-26(2)42(49)27(3)19-34)58-17-16-57(47(58)63)33-9-11-39-32(21-33)24-51-55(39)6/h8-12,14,18-22,24,28,46,62H,7,13,15-17,23,25H2,1-6H3,(H,52,54)/t28-,46?,48-/m0/s1. The molecule has 1 unspecified atom stereocenters. The second-order valence-corrected chi connectivity index (χ2v) is 17.6. The van der Waals surface area contributed by atoms with Gasteiger partial charge in [0.2, 0.25) is 0 Å². The van der Waals surface area contributed by atoms with Crippen molar-refractivity contribution in [2.24, 2.45) is 18.1 Å². The molecule has 1 saturated heterocycles. The summed E-state index contributed by atoms with van der Waals surface area (Å²) in [7, 11) is 1.89. The van der Waals surface area contributed by atoms with Gasteiger partial charge in [0.25, 0.3) is 5.91 Å². The molecule has 0 spiro atoms. The molecule has 4 aromatic heterocycles. The molecule has 0 bridgehead atoms. The molecule has 16 heteroatoms. The van der Waals surface area contributed by atoms with Gasteiger partial charge in [0.15, 0.2) is 5.84 Å². The maximum atomic E-state index is 15.4. The number of aromatic nitrogens is 6. The molecule has 3 amide bonds. The minimum atomic E-state index is -1.29.